The average molecular weight is 238 g/mol. The van der Waals surface area contributed by atoms with Crippen LogP contribution in [0.15, 0.2) is 0 Å². The lowest BCUT2D eigenvalue weighted by Crippen LogP contribution is -2.47. The smallest absolute Gasteiger partial charge is 0.392 e. The minimum Gasteiger partial charge on any atom is -0.392 e. The molecule has 0 spiro atoms. The lowest BCUT2D eigenvalue weighted by molar-refractivity contribution is -0.310. The van der Waals surface area contributed by atoms with E-state index in [1.54, 1.807) is 0 Å². The molecule has 0 bridgehead atoms. The first-order valence-electron chi connectivity index (χ1n) is 4.33. The summed E-state index contributed by atoms with van der Waals surface area (Å²) in [7, 11) is 0. The van der Waals surface area contributed by atoms with Crippen LogP contribution in [0.3, 0.4) is 0 Å². The molecule has 0 aromatic carbocycles. The van der Waals surface area contributed by atoms with Crippen molar-refractivity contribution in [2.75, 3.05) is 0 Å². The lowest BCUT2D eigenvalue weighted by Gasteiger charge is -2.30. The summed E-state index contributed by atoms with van der Waals surface area (Å²) in [5, 5.41) is 9.01. The van der Waals surface area contributed by atoms with E-state index in [0.29, 0.717) is 0 Å². The van der Waals surface area contributed by atoms with Crippen molar-refractivity contribution in [3.05, 3.63) is 0 Å². The quantitative estimate of drug-likeness (QED) is 0.749. The van der Waals surface area contributed by atoms with Crippen molar-refractivity contribution in [3.63, 3.8) is 0 Å². The normalized spacial score (nSPS) is 18.0. The van der Waals surface area contributed by atoms with Crippen molar-refractivity contribution in [2.24, 2.45) is 11.8 Å². The maximum Gasteiger partial charge on any atom is 0.403 e. The zero-order valence-corrected chi connectivity index (χ0v) is 8.15. The highest BCUT2D eigenvalue weighted by molar-refractivity contribution is 4.84. The Labute approximate surface area is 83.1 Å². The SMILES string of the molecule is CCC(C)C(O)C(C(F)(F)F)C(F)(F)F. The third kappa shape index (κ3) is 3.89. The Hall–Kier alpha value is -0.460. The minimum atomic E-state index is -5.47. The molecule has 0 aliphatic carbocycles. The fourth-order valence-electron chi connectivity index (χ4n) is 1.14. The average Bonchev–Trinajstić information content (AvgIpc) is 1.97. The number of aliphatic hydroxyl groups is 1. The number of rotatable bonds is 3. The first-order valence-corrected chi connectivity index (χ1v) is 4.33. The van der Waals surface area contributed by atoms with Crippen molar-refractivity contribution < 1.29 is 31.4 Å². The summed E-state index contributed by atoms with van der Waals surface area (Å²) in [6.07, 6.45) is -13.3. The largest absolute Gasteiger partial charge is 0.403 e. The van der Waals surface area contributed by atoms with Crippen LogP contribution < -0.4 is 0 Å². The fourth-order valence-corrected chi connectivity index (χ4v) is 1.14. The van der Waals surface area contributed by atoms with Crippen molar-refractivity contribution in [3.8, 4) is 0 Å². The minimum absolute atomic E-state index is 0.0455. The van der Waals surface area contributed by atoms with Crippen LogP contribution in [-0.4, -0.2) is 23.6 Å². The van der Waals surface area contributed by atoms with E-state index >= 15 is 0 Å². The monoisotopic (exact) mass is 238 g/mol. The molecule has 0 fully saturated rings. The summed E-state index contributed by atoms with van der Waals surface area (Å²) < 4.78 is 72.5. The standard InChI is InChI=1S/C8H12F6O/c1-3-4(2)5(15)6(7(9,10)11)8(12,13)14/h4-6,15H,3H2,1-2H3. The van der Waals surface area contributed by atoms with Gasteiger partial charge in [-0.1, -0.05) is 20.3 Å². The van der Waals surface area contributed by atoms with Gasteiger partial charge in [0.1, 0.15) is 0 Å². The highest BCUT2D eigenvalue weighted by atomic mass is 19.4. The summed E-state index contributed by atoms with van der Waals surface area (Å²) in [6.45, 7) is 2.56. The molecule has 2 unspecified atom stereocenters. The van der Waals surface area contributed by atoms with Crippen LogP contribution in [-0.2, 0) is 0 Å². The second kappa shape index (κ2) is 4.59. The predicted octanol–water partition coefficient (Wildman–Crippen LogP) is 3.13. The van der Waals surface area contributed by atoms with E-state index in [0.717, 1.165) is 6.92 Å². The molecule has 0 saturated carbocycles. The van der Waals surface area contributed by atoms with Gasteiger partial charge >= 0.3 is 12.4 Å². The molecule has 0 amide bonds. The van der Waals surface area contributed by atoms with E-state index in [1.165, 1.54) is 6.92 Å². The van der Waals surface area contributed by atoms with Gasteiger partial charge in [0.2, 0.25) is 0 Å². The Balaban J connectivity index is 4.97. The summed E-state index contributed by atoms with van der Waals surface area (Å²) in [5.41, 5.74) is 0. The molecule has 0 radical (unpaired) electrons. The van der Waals surface area contributed by atoms with Crippen LogP contribution >= 0.6 is 0 Å². The van der Waals surface area contributed by atoms with Crippen LogP contribution in [0.5, 0.6) is 0 Å². The van der Waals surface area contributed by atoms with Gasteiger partial charge in [0.25, 0.3) is 0 Å². The van der Waals surface area contributed by atoms with E-state index in [2.05, 4.69) is 0 Å². The molecule has 0 aliphatic heterocycles. The van der Waals surface area contributed by atoms with Gasteiger partial charge in [-0.05, 0) is 5.92 Å². The first-order chi connectivity index (χ1) is 6.51. The third-order valence-corrected chi connectivity index (χ3v) is 2.27. The lowest BCUT2D eigenvalue weighted by atomic mass is 9.89. The van der Waals surface area contributed by atoms with Crippen LogP contribution in [0.2, 0.25) is 0 Å². The molecule has 1 nitrogen and oxygen atoms in total. The predicted molar refractivity (Wildman–Crippen MR) is 41.1 cm³/mol. The first kappa shape index (κ1) is 14.5. The van der Waals surface area contributed by atoms with Crippen molar-refractivity contribution in [2.45, 2.75) is 38.7 Å². The van der Waals surface area contributed by atoms with Crippen LogP contribution in [0.25, 0.3) is 0 Å². The van der Waals surface area contributed by atoms with Gasteiger partial charge in [0.15, 0.2) is 5.92 Å². The Morgan fingerprint density at radius 2 is 1.33 bits per heavy atom. The summed E-state index contributed by atoms with van der Waals surface area (Å²) in [5.74, 6) is -4.72. The van der Waals surface area contributed by atoms with Crippen LogP contribution in [0, 0.1) is 11.8 Å². The van der Waals surface area contributed by atoms with Gasteiger partial charge in [-0.15, -0.1) is 0 Å². The Kier molecular flexibility index (Phi) is 4.45. The van der Waals surface area contributed by atoms with Gasteiger partial charge in [-0.2, -0.15) is 26.3 Å². The van der Waals surface area contributed by atoms with E-state index in [4.69, 9.17) is 5.11 Å². The Morgan fingerprint density at radius 3 is 1.53 bits per heavy atom. The zero-order chi connectivity index (χ0) is 12.4. The van der Waals surface area contributed by atoms with Crippen molar-refractivity contribution >= 4 is 0 Å². The molecule has 0 aromatic rings. The Morgan fingerprint density at radius 1 is 1.00 bits per heavy atom. The molecular formula is C8H12F6O. The highest BCUT2D eigenvalue weighted by Gasteiger charge is 2.60. The van der Waals surface area contributed by atoms with Crippen LogP contribution in [0.1, 0.15) is 20.3 Å². The van der Waals surface area contributed by atoms with E-state index in [1.807, 2.05) is 0 Å². The summed E-state index contributed by atoms with van der Waals surface area (Å²) in [6, 6.07) is 0. The molecule has 0 saturated heterocycles. The van der Waals surface area contributed by atoms with E-state index < -0.39 is 30.3 Å². The van der Waals surface area contributed by atoms with Gasteiger partial charge in [-0.3, -0.25) is 0 Å². The van der Waals surface area contributed by atoms with Crippen molar-refractivity contribution in [1.29, 1.82) is 0 Å². The fraction of sp³-hybridized carbons (Fsp3) is 1.00. The highest BCUT2D eigenvalue weighted by Crippen LogP contribution is 2.43. The molecule has 15 heavy (non-hydrogen) atoms. The second-order valence-corrected chi connectivity index (χ2v) is 3.44. The van der Waals surface area contributed by atoms with Crippen molar-refractivity contribution in [1.82, 2.24) is 0 Å². The summed E-state index contributed by atoms with van der Waals surface area (Å²) in [4.78, 5) is 0. The zero-order valence-electron chi connectivity index (χ0n) is 8.15. The molecule has 1 N–H and O–H groups in total. The molecule has 0 aromatic heterocycles. The maximum absolute atomic E-state index is 12.1. The number of alkyl halides is 6. The molecule has 92 valence electrons. The molecule has 7 heteroatoms. The molecule has 0 rings (SSSR count). The van der Waals surface area contributed by atoms with E-state index in [9.17, 15) is 26.3 Å². The molecule has 0 heterocycles. The van der Waals surface area contributed by atoms with Gasteiger partial charge in [-0.25, -0.2) is 0 Å². The molecule has 2 atom stereocenters. The van der Waals surface area contributed by atoms with E-state index in [-0.39, 0.29) is 6.42 Å². The number of hydrogen-bond acceptors (Lipinski definition) is 1. The van der Waals surface area contributed by atoms with Crippen LogP contribution in [0.4, 0.5) is 26.3 Å². The number of aliphatic hydroxyl groups excluding tert-OH is 1. The second-order valence-electron chi connectivity index (χ2n) is 3.44. The maximum atomic E-state index is 12.1. The summed E-state index contributed by atoms with van der Waals surface area (Å²) >= 11 is 0. The van der Waals surface area contributed by atoms with Gasteiger partial charge in [0.05, 0.1) is 6.10 Å². The number of halogens is 6. The van der Waals surface area contributed by atoms with Gasteiger partial charge in [0, 0.05) is 0 Å². The number of hydrogen-bond donors (Lipinski definition) is 1. The molecular weight excluding hydrogens is 226 g/mol. The topological polar surface area (TPSA) is 20.2 Å². The molecule has 0 aliphatic rings. The Bertz CT molecular complexity index is 182. The third-order valence-electron chi connectivity index (χ3n) is 2.27. The van der Waals surface area contributed by atoms with Gasteiger partial charge < -0.3 is 5.11 Å².